The van der Waals surface area contributed by atoms with Crippen molar-refractivity contribution in [1.82, 2.24) is 0 Å². The van der Waals surface area contributed by atoms with Crippen molar-refractivity contribution in [3.8, 4) is 0 Å². The van der Waals surface area contributed by atoms with Crippen LogP contribution in [-0.2, 0) is 9.47 Å². The number of alkyl halides is 1. The first-order valence-electron chi connectivity index (χ1n) is 5.17. The van der Waals surface area contributed by atoms with Crippen molar-refractivity contribution in [3.63, 3.8) is 0 Å². The predicted molar refractivity (Wildman–Crippen MR) is 57.2 cm³/mol. The van der Waals surface area contributed by atoms with Gasteiger partial charge in [0.15, 0.2) is 5.79 Å². The van der Waals surface area contributed by atoms with Crippen molar-refractivity contribution < 1.29 is 9.47 Å². The van der Waals surface area contributed by atoms with Crippen molar-refractivity contribution in [2.45, 2.75) is 44.8 Å². The summed E-state index contributed by atoms with van der Waals surface area (Å²) in [6.45, 7) is 3.74. The van der Waals surface area contributed by atoms with Gasteiger partial charge in [-0.3, -0.25) is 0 Å². The molecule has 0 spiro atoms. The number of ether oxygens (including phenoxy) is 2. The van der Waals surface area contributed by atoms with Gasteiger partial charge in [-0.25, -0.2) is 0 Å². The zero-order valence-corrected chi connectivity index (χ0v) is 9.94. The molecule has 1 heterocycles. The van der Waals surface area contributed by atoms with Crippen LogP contribution in [0.3, 0.4) is 0 Å². The molecule has 3 heteroatoms. The van der Waals surface area contributed by atoms with Crippen LogP contribution in [0.1, 0.15) is 39.0 Å². The van der Waals surface area contributed by atoms with E-state index >= 15 is 0 Å². The molecular formula is C10H19BrO2. The van der Waals surface area contributed by atoms with Gasteiger partial charge in [-0.2, -0.15) is 0 Å². The first-order valence-corrected chi connectivity index (χ1v) is 6.29. The first kappa shape index (κ1) is 11.5. The van der Waals surface area contributed by atoms with Crippen molar-refractivity contribution in [3.05, 3.63) is 0 Å². The molecule has 0 aliphatic carbocycles. The zero-order chi connectivity index (χ0) is 9.57. The van der Waals surface area contributed by atoms with Crippen LogP contribution in [0, 0.1) is 0 Å². The third-order valence-corrected chi connectivity index (χ3v) is 2.98. The standard InChI is InChI=1S/C10H19BrO2/c1-2-3-5-10(6-4-7-11)12-8-9-13-10/h2-9H2,1H3. The lowest BCUT2D eigenvalue weighted by Gasteiger charge is -2.27. The third kappa shape index (κ3) is 3.56. The molecule has 0 aromatic carbocycles. The molecule has 78 valence electrons. The second kappa shape index (κ2) is 5.99. The second-order valence-corrected chi connectivity index (χ2v) is 4.30. The molecule has 0 N–H and O–H groups in total. The Morgan fingerprint density at radius 2 is 1.77 bits per heavy atom. The number of rotatable bonds is 6. The van der Waals surface area contributed by atoms with Crippen LogP contribution >= 0.6 is 15.9 Å². The highest BCUT2D eigenvalue weighted by Crippen LogP contribution is 2.30. The summed E-state index contributed by atoms with van der Waals surface area (Å²) in [5.74, 6) is -0.232. The summed E-state index contributed by atoms with van der Waals surface area (Å²) in [5, 5.41) is 1.04. The molecular weight excluding hydrogens is 232 g/mol. The molecule has 0 aromatic heterocycles. The first-order chi connectivity index (χ1) is 6.33. The molecule has 0 atom stereocenters. The average Bonchev–Trinajstić information content (AvgIpc) is 2.61. The third-order valence-electron chi connectivity index (χ3n) is 2.42. The van der Waals surface area contributed by atoms with Crippen LogP contribution in [-0.4, -0.2) is 24.3 Å². The SMILES string of the molecule is CCCCC1(CCCBr)OCCO1. The summed E-state index contributed by atoms with van der Waals surface area (Å²) in [6.07, 6.45) is 5.61. The number of hydrogen-bond donors (Lipinski definition) is 0. The highest BCUT2D eigenvalue weighted by molar-refractivity contribution is 9.09. The molecule has 1 aliphatic heterocycles. The Morgan fingerprint density at radius 1 is 1.15 bits per heavy atom. The van der Waals surface area contributed by atoms with Crippen molar-refractivity contribution >= 4 is 15.9 Å². The molecule has 1 rings (SSSR count). The van der Waals surface area contributed by atoms with Crippen molar-refractivity contribution in [2.75, 3.05) is 18.5 Å². The van der Waals surface area contributed by atoms with E-state index < -0.39 is 0 Å². The van der Waals surface area contributed by atoms with E-state index in [1.807, 2.05) is 0 Å². The highest BCUT2D eigenvalue weighted by atomic mass is 79.9. The molecule has 0 aromatic rings. The lowest BCUT2D eigenvalue weighted by molar-refractivity contribution is -0.167. The van der Waals surface area contributed by atoms with Gasteiger partial charge in [-0.15, -0.1) is 0 Å². The van der Waals surface area contributed by atoms with Gasteiger partial charge >= 0.3 is 0 Å². The van der Waals surface area contributed by atoms with E-state index in [1.54, 1.807) is 0 Å². The Labute approximate surface area is 89.1 Å². The smallest absolute Gasteiger partial charge is 0.168 e. The van der Waals surface area contributed by atoms with E-state index in [9.17, 15) is 0 Å². The maximum atomic E-state index is 5.70. The average molecular weight is 251 g/mol. The van der Waals surface area contributed by atoms with E-state index in [1.165, 1.54) is 12.8 Å². The molecule has 13 heavy (non-hydrogen) atoms. The van der Waals surface area contributed by atoms with E-state index in [0.717, 1.165) is 37.8 Å². The van der Waals surface area contributed by atoms with Crippen LogP contribution in [0.2, 0.25) is 0 Å². The Hall–Kier alpha value is 0.400. The van der Waals surface area contributed by atoms with Gasteiger partial charge in [0.2, 0.25) is 0 Å². The molecule has 0 bridgehead atoms. The molecule has 0 radical (unpaired) electrons. The monoisotopic (exact) mass is 250 g/mol. The van der Waals surface area contributed by atoms with Gasteiger partial charge in [0.25, 0.3) is 0 Å². The van der Waals surface area contributed by atoms with Gasteiger partial charge in [0.1, 0.15) is 0 Å². The predicted octanol–water partition coefficient (Wildman–Crippen LogP) is 3.09. The quantitative estimate of drug-likeness (QED) is 0.675. The van der Waals surface area contributed by atoms with E-state index in [2.05, 4.69) is 22.9 Å². The summed E-state index contributed by atoms with van der Waals surface area (Å²) in [5.41, 5.74) is 0. The normalized spacial score (nSPS) is 20.8. The number of halogens is 1. The molecule has 0 saturated carbocycles. The van der Waals surface area contributed by atoms with Crippen LogP contribution in [0.15, 0.2) is 0 Å². The zero-order valence-electron chi connectivity index (χ0n) is 8.35. The largest absolute Gasteiger partial charge is 0.348 e. The summed E-state index contributed by atoms with van der Waals surface area (Å²) < 4.78 is 11.4. The maximum absolute atomic E-state index is 5.70. The summed E-state index contributed by atoms with van der Waals surface area (Å²) in [4.78, 5) is 0. The summed E-state index contributed by atoms with van der Waals surface area (Å²) >= 11 is 3.44. The Bertz CT molecular complexity index is 123. The lowest BCUT2D eigenvalue weighted by atomic mass is 10.0. The van der Waals surface area contributed by atoms with Gasteiger partial charge < -0.3 is 9.47 Å². The summed E-state index contributed by atoms with van der Waals surface area (Å²) in [7, 11) is 0. The van der Waals surface area contributed by atoms with E-state index in [4.69, 9.17) is 9.47 Å². The topological polar surface area (TPSA) is 18.5 Å². The van der Waals surface area contributed by atoms with Gasteiger partial charge in [-0.1, -0.05) is 29.3 Å². The van der Waals surface area contributed by atoms with Crippen molar-refractivity contribution in [2.24, 2.45) is 0 Å². The molecule has 0 amide bonds. The highest BCUT2D eigenvalue weighted by Gasteiger charge is 2.34. The van der Waals surface area contributed by atoms with Crippen LogP contribution < -0.4 is 0 Å². The van der Waals surface area contributed by atoms with Crippen LogP contribution in [0.5, 0.6) is 0 Å². The Morgan fingerprint density at radius 3 is 2.31 bits per heavy atom. The fourth-order valence-corrected chi connectivity index (χ4v) is 1.97. The lowest BCUT2D eigenvalue weighted by Crippen LogP contribution is -2.30. The molecule has 1 fully saturated rings. The minimum Gasteiger partial charge on any atom is -0.348 e. The fraction of sp³-hybridized carbons (Fsp3) is 1.00. The fourth-order valence-electron chi connectivity index (χ4n) is 1.69. The molecule has 1 aliphatic rings. The van der Waals surface area contributed by atoms with Gasteiger partial charge in [0.05, 0.1) is 13.2 Å². The van der Waals surface area contributed by atoms with Crippen LogP contribution in [0.25, 0.3) is 0 Å². The Kier molecular flexibility index (Phi) is 5.29. The van der Waals surface area contributed by atoms with E-state index in [-0.39, 0.29) is 5.79 Å². The van der Waals surface area contributed by atoms with Crippen molar-refractivity contribution in [1.29, 1.82) is 0 Å². The minimum atomic E-state index is -0.232. The van der Waals surface area contributed by atoms with E-state index in [0.29, 0.717) is 0 Å². The van der Waals surface area contributed by atoms with Crippen LogP contribution in [0.4, 0.5) is 0 Å². The molecule has 0 unspecified atom stereocenters. The summed E-state index contributed by atoms with van der Waals surface area (Å²) in [6, 6.07) is 0. The minimum absolute atomic E-state index is 0.232. The second-order valence-electron chi connectivity index (χ2n) is 3.50. The number of unbranched alkanes of at least 4 members (excludes halogenated alkanes) is 1. The molecule has 1 saturated heterocycles. The van der Waals surface area contributed by atoms with Gasteiger partial charge in [0, 0.05) is 18.2 Å². The maximum Gasteiger partial charge on any atom is 0.168 e. The molecule has 2 nitrogen and oxygen atoms in total. The van der Waals surface area contributed by atoms with Gasteiger partial charge in [-0.05, 0) is 12.8 Å². The Balaban J connectivity index is 2.33. The number of hydrogen-bond acceptors (Lipinski definition) is 2.